The number of aromatic nitrogens is 2. The van der Waals surface area contributed by atoms with Crippen molar-refractivity contribution in [1.82, 2.24) is 9.78 Å². The van der Waals surface area contributed by atoms with Gasteiger partial charge in [0.1, 0.15) is 0 Å². The van der Waals surface area contributed by atoms with Crippen LogP contribution in [0.25, 0.3) is 5.69 Å². The molecule has 134 valence electrons. The molecule has 0 saturated heterocycles. The maximum absolute atomic E-state index is 13.8. The normalized spacial score (nSPS) is 10.6. The Kier molecular flexibility index (Phi) is 5.02. The molecule has 1 heterocycles. The molecule has 3 rings (SSSR count). The Morgan fingerprint density at radius 1 is 1.23 bits per heavy atom. The van der Waals surface area contributed by atoms with Gasteiger partial charge in [-0.25, -0.2) is 9.07 Å². The molecule has 1 aromatic heterocycles. The highest BCUT2D eigenvalue weighted by Gasteiger charge is 2.18. The van der Waals surface area contributed by atoms with E-state index in [1.165, 1.54) is 25.4 Å². The van der Waals surface area contributed by atoms with E-state index in [0.717, 1.165) is 16.9 Å². The molecule has 26 heavy (non-hydrogen) atoms. The molecule has 0 fully saturated rings. The molecule has 0 radical (unpaired) electrons. The minimum Gasteiger partial charge on any atom is -0.494 e. The summed E-state index contributed by atoms with van der Waals surface area (Å²) in [6, 6.07) is 12.2. The summed E-state index contributed by atoms with van der Waals surface area (Å²) in [7, 11) is 1.39. The monoisotopic (exact) mass is 353 g/mol. The molecule has 0 aliphatic heterocycles. The third-order valence-corrected chi connectivity index (χ3v) is 4.14. The summed E-state index contributed by atoms with van der Waals surface area (Å²) >= 11 is 0. The van der Waals surface area contributed by atoms with E-state index >= 15 is 0 Å². The Morgan fingerprint density at radius 2 is 1.96 bits per heavy atom. The van der Waals surface area contributed by atoms with Crippen LogP contribution in [-0.4, -0.2) is 22.8 Å². The first-order valence-corrected chi connectivity index (χ1v) is 8.32. The van der Waals surface area contributed by atoms with E-state index in [-0.39, 0.29) is 11.7 Å². The number of benzene rings is 2. The lowest BCUT2D eigenvalue weighted by Crippen LogP contribution is -2.14. The van der Waals surface area contributed by atoms with Gasteiger partial charge < -0.3 is 10.1 Å². The summed E-state index contributed by atoms with van der Waals surface area (Å²) in [4.78, 5) is 12.6. The van der Waals surface area contributed by atoms with E-state index in [0.29, 0.717) is 17.7 Å². The van der Waals surface area contributed by atoms with Crippen molar-refractivity contribution in [2.45, 2.75) is 20.3 Å². The van der Waals surface area contributed by atoms with Gasteiger partial charge >= 0.3 is 0 Å². The second-order valence-corrected chi connectivity index (χ2v) is 5.91. The number of amides is 1. The van der Waals surface area contributed by atoms with Crippen LogP contribution in [0.3, 0.4) is 0 Å². The number of nitrogens with one attached hydrogen (secondary N) is 1. The molecule has 2 aromatic carbocycles. The van der Waals surface area contributed by atoms with Gasteiger partial charge in [0.05, 0.1) is 30.3 Å². The number of carbonyl (C=O) groups excluding carboxylic acids is 1. The molecule has 0 unspecified atom stereocenters. The third-order valence-electron chi connectivity index (χ3n) is 4.14. The summed E-state index contributed by atoms with van der Waals surface area (Å²) in [5.41, 5.74) is 3.66. The van der Waals surface area contributed by atoms with Crippen LogP contribution in [-0.2, 0) is 6.42 Å². The van der Waals surface area contributed by atoms with Crippen LogP contribution < -0.4 is 10.1 Å². The Balaban J connectivity index is 1.88. The molecule has 0 spiro atoms. The summed E-state index contributed by atoms with van der Waals surface area (Å²) < 4.78 is 20.5. The van der Waals surface area contributed by atoms with E-state index in [9.17, 15) is 9.18 Å². The lowest BCUT2D eigenvalue weighted by Gasteiger charge is -2.09. The summed E-state index contributed by atoms with van der Waals surface area (Å²) in [5.74, 6) is -0.731. The lowest BCUT2D eigenvalue weighted by atomic mass is 10.1. The molecule has 0 atom stereocenters. The van der Waals surface area contributed by atoms with Gasteiger partial charge in [-0.1, -0.05) is 24.6 Å². The summed E-state index contributed by atoms with van der Waals surface area (Å²) in [5, 5.41) is 7.07. The topological polar surface area (TPSA) is 56.1 Å². The SMILES string of the molecule is CCc1c(C(=O)Nc2ccc(OC)c(F)c2)cnn1-c1ccc(C)cc1. The van der Waals surface area contributed by atoms with Crippen LogP contribution in [0.4, 0.5) is 10.1 Å². The van der Waals surface area contributed by atoms with Crippen LogP contribution >= 0.6 is 0 Å². The van der Waals surface area contributed by atoms with Crippen LogP contribution in [0.2, 0.25) is 0 Å². The van der Waals surface area contributed by atoms with Crippen molar-refractivity contribution in [3.8, 4) is 11.4 Å². The third kappa shape index (κ3) is 3.44. The van der Waals surface area contributed by atoms with Gasteiger partial charge in [0.15, 0.2) is 11.6 Å². The molecule has 1 N–H and O–H groups in total. The van der Waals surface area contributed by atoms with Crippen molar-refractivity contribution in [2.75, 3.05) is 12.4 Å². The number of hydrogen-bond donors (Lipinski definition) is 1. The molecule has 0 aliphatic carbocycles. The molecule has 0 saturated carbocycles. The molecule has 0 bridgehead atoms. The van der Waals surface area contributed by atoms with E-state index in [1.807, 2.05) is 38.1 Å². The fraction of sp³-hybridized carbons (Fsp3) is 0.200. The van der Waals surface area contributed by atoms with Crippen molar-refractivity contribution in [3.63, 3.8) is 0 Å². The van der Waals surface area contributed by atoms with E-state index in [2.05, 4.69) is 10.4 Å². The van der Waals surface area contributed by atoms with E-state index < -0.39 is 5.82 Å². The Labute approximate surface area is 151 Å². The molecule has 6 heteroatoms. The highest BCUT2D eigenvalue weighted by Crippen LogP contribution is 2.22. The van der Waals surface area contributed by atoms with E-state index in [4.69, 9.17) is 4.74 Å². The number of nitrogens with zero attached hydrogens (tertiary/aromatic N) is 2. The van der Waals surface area contributed by atoms with Crippen LogP contribution in [0.1, 0.15) is 28.5 Å². The van der Waals surface area contributed by atoms with Crippen molar-refractivity contribution in [3.05, 3.63) is 71.3 Å². The maximum atomic E-state index is 13.8. The second kappa shape index (κ2) is 7.39. The lowest BCUT2D eigenvalue weighted by molar-refractivity contribution is 0.102. The zero-order valence-electron chi connectivity index (χ0n) is 14.9. The van der Waals surface area contributed by atoms with Gasteiger partial charge in [-0.2, -0.15) is 5.10 Å². The molecular weight excluding hydrogens is 333 g/mol. The number of carbonyl (C=O) groups is 1. The first-order chi connectivity index (χ1) is 12.5. The largest absolute Gasteiger partial charge is 0.494 e. The number of aryl methyl sites for hydroxylation is 1. The highest BCUT2D eigenvalue weighted by atomic mass is 19.1. The van der Waals surface area contributed by atoms with Crippen molar-refractivity contribution >= 4 is 11.6 Å². The summed E-state index contributed by atoms with van der Waals surface area (Å²) in [6.45, 7) is 3.98. The van der Waals surface area contributed by atoms with Crippen molar-refractivity contribution in [1.29, 1.82) is 0 Å². The maximum Gasteiger partial charge on any atom is 0.259 e. The number of methoxy groups -OCH3 is 1. The molecule has 0 aliphatic rings. The standard InChI is InChI=1S/C20H20FN3O2/c1-4-18-16(12-22-24(18)15-8-5-13(2)6-9-15)20(25)23-14-7-10-19(26-3)17(21)11-14/h5-12H,4H2,1-3H3,(H,23,25). The van der Waals surface area contributed by atoms with Gasteiger partial charge in [-0.3, -0.25) is 4.79 Å². The zero-order valence-corrected chi connectivity index (χ0v) is 14.9. The predicted molar refractivity (Wildman–Crippen MR) is 98.6 cm³/mol. The second-order valence-electron chi connectivity index (χ2n) is 5.91. The molecule has 3 aromatic rings. The van der Waals surface area contributed by atoms with Crippen LogP contribution in [0, 0.1) is 12.7 Å². The number of halogens is 1. The molecular formula is C20H20FN3O2. The van der Waals surface area contributed by atoms with Gasteiger partial charge in [-0.05, 0) is 37.6 Å². The Bertz CT molecular complexity index is 933. The number of rotatable bonds is 5. The van der Waals surface area contributed by atoms with Crippen molar-refractivity contribution in [2.24, 2.45) is 0 Å². The van der Waals surface area contributed by atoms with Gasteiger partial charge in [0.25, 0.3) is 5.91 Å². The average Bonchev–Trinajstić information content (AvgIpc) is 3.06. The van der Waals surface area contributed by atoms with Crippen LogP contribution in [0.15, 0.2) is 48.7 Å². The van der Waals surface area contributed by atoms with Crippen LogP contribution in [0.5, 0.6) is 5.75 Å². The average molecular weight is 353 g/mol. The smallest absolute Gasteiger partial charge is 0.259 e. The van der Waals surface area contributed by atoms with Crippen molar-refractivity contribution < 1.29 is 13.9 Å². The van der Waals surface area contributed by atoms with Gasteiger partial charge in [-0.15, -0.1) is 0 Å². The zero-order chi connectivity index (χ0) is 18.7. The predicted octanol–water partition coefficient (Wildman–Crippen LogP) is 4.14. The number of anilines is 1. The highest BCUT2D eigenvalue weighted by molar-refractivity contribution is 6.05. The first kappa shape index (κ1) is 17.7. The fourth-order valence-electron chi connectivity index (χ4n) is 2.75. The minimum atomic E-state index is -0.531. The molecule has 5 nitrogen and oxygen atoms in total. The Morgan fingerprint density at radius 3 is 2.58 bits per heavy atom. The number of hydrogen-bond acceptors (Lipinski definition) is 3. The van der Waals surface area contributed by atoms with E-state index in [1.54, 1.807) is 10.7 Å². The van der Waals surface area contributed by atoms with Gasteiger partial charge in [0, 0.05) is 11.8 Å². The first-order valence-electron chi connectivity index (χ1n) is 8.32. The molecule has 1 amide bonds. The van der Waals surface area contributed by atoms with Gasteiger partial charge in [0.2, 0.25) is 0 Å². The Hall–Kier alpha value is -3.15. The fourth-order valence-corrected chi connectivity index (χ4v) is 2.75. The quantitative estimate of drug-likeness (QED) is 0.750. The minimum absolute atomic E-state index is 0.129. The number of ether oxygens (including phenoxy) is 1. The summed E-state index contributed by atoms with van der Waals surface area (Å²) in [6.07, 6.45) is 2.17.